The number of anilines is 1. The van der Waals surface area contributed by atoms with Gasteiger partial charge in [-0.15, -0.1) is 0 Å². The van der Waals surface area contributed by atoms with E-state index in [4.69, 9.17) is 4.74 Å². The van der Waals surface area contributed by atoms with E-state index in [9.17, 15) is 14.4 Å². The summed E-state index contributed by atoms with van der Waals surface area (Å²) in [5, 5.41) is 12.2. The fourth-order valence-electron chi connectivity index (χ4n) is 2.87. The van der Waals surface area contributed by atoms with Gasteiger partial charge in [-0.3, -0.25) is 4.79 Å². The SMILES string of the molecule is Cc1ccc(NC(=O)/C(C#N)=C/c2ccc(OCc3ccc(F)cc3)cc2)c(C)c1. The van der Waals surface area contributed by atoms with Crippen molar-refractivity contribution in [1.82, 2.24) is 0 Å². The Kier molecular flexibility index (Phi) is 6.61. The van der Waals surface area contributed by atoms with Crippen molar-refractivity contribution in [3.63, 3.8) is 0 Å². The topological polar surface area (TPSA) is 62.1 Å². The highest BCUT2D eigenvalue weighted by molar-refractivity contribution is 6.09. The lowest BCUT2D eigenvalue weighted by Gasteiger charge is -2.09. The van der Waals surface area contributed by atoms with Crippen LogP contribution < -0.4 is 10.1 Å². The van der Waals surface area contributed by atoms with Crippen molar-refractivity contribution in [1.29, 1.82) is 5.26 Å². The zero-order valence-corrected chi connectivity index (χ0v) is 16.8. The lowest BCUT2D eigenvalue weighted by Crippen LogP contribution is -2.14. The predicted octanol–water partition coefficient (Wildman–Crippen LogP) is 5.57. The summed E-state index contributed by atoms with van der Waals surface area (Å²) < 4.78 is 18.6. The second kappa shape index (κ2) is 9.53. The van der Waals surface area contributed by atoms with E-state index in [1.54, 1.807) is 36.4 Å². The monoisotopic (exact) mass is 400 g/mol. The van der Waals surface area contributed by atoms with Crippen LogP contribution in [0.25, 0.3) is 6.08 Å². The second-order valence-electron chi connectivity index (χ2n) is 6.93. The van der Waals surface area contributed by atoms with Crippen LogP contribution in [-0.2, 0) is 11.4 Å². The molecule has 0 saturated heterocycles. The van der Waals surface area contributed by atoms with Gasteiger partial charge in [0.05, 0.1) is 0 Å². The molecule has 3 aromatic rings. The predicted molar refractivity (Wildman–Crippen MR) is 115 cm³/mol. The average Bonchev–Trinajstić information content (AvgIpc) is 2.74. The molecule has 5 heteroatoms. The first kappa shape index (κ1) is 20.8. The molecule has 0 fully saturated rings. The van der Waals surface area contributed by atoms with E-state index in [1.165, 1.54) is 18.2 Å². The smallest absolute Gasteiger partial charge is 0.266 e. The summed E-state index contributed by atoms with van der Waals surface area (Å²) in [5.41, 5.74) is 4.28. The van der Waals surface area contributed by atoms with Gasteiger partial charge in [-0.25, -0.2) is 4.39 Å². The molecule has 0 saturated carbocycles. The van der Waals surface area contributed by atoms with Gasteiger partial charge >= 0.3 is 0 Å². The number of ether oxygens (including phenoxy) is 1. The number of carbonyl (C=O) groups is 1. The molecule has 30 heavy (non-hydrogen) atoms. The van der Waals surface area contributed by atoms with Crippen LogP contribution in [-0.4, -0.2) is 5.91 Å². The van der Waals surface area contributed by atoms with Gasteiger partial charge in [0.15, 0.2) is 0 Å². The molecule has 0 aliphatic carbocycles. The molecule has 3 aromatic carbocycles. The first-order chi connectivity index (χ1) is 14.4. The van der Waals surface area contributed by atoms with Crippen molar-refractivity contribution in [2.24, 2.45) is 0 Å². The van der Waals surface area contributed by atoms with Crippen LogP contribution in [0.5, 0.6) is 5.75 Å². The van der Waals surface area contributed by atoms with Gasteiger partial charge in [0.25, 0.3) is 5.91 Å². The van der Waals surface area contributed by atoms with E-state index < -0.39 is 5.91 Å². The zero-order chi connectivity index (χ0) is 21.5. The van der Waals surface area contributed by atoms with Crippen LogP contribution in [0.1, 0.15) is 22.3 Å². The summed E-state index contributed by atoms with van der Waals surface area (Å²) >= 11 is 0. The molecule has 1 amide bonds. The third-order valence-corrected chi connectivity index (χ3v) is 4.51. The number of halogens is 1. The summed E-state index contributed by atoms with van der Waals surface area (Å²) in [4.78, 5) is 12.5. The van der Waals surface area contributed by atoms with Gasteiger partial charge in [0, 0.05) is 5.69 Å². The number of hydrogen-bond donors (Lipinski definition) is 1. The molecular formula is C25H21FN2O2. The fourth-order valence-corrected chi connectivity index (χ4v) is 2.87. The lowest BCUT2D eigenvalue weighted by atomic mass is 10.1. The summed E-state index contributed by atoms with van der Waals surface area (Å²) in [7, 11) is 0. The van der Waals surface area contributed by atoms with Gasteiger partial charge < -0.3 is 10.1 Å². The largest absolute Gasteiger partial charge is 0.489 e. The lowest BCUT2D eigenvalue weighted by molar-refractivity contribution is -0.112. The van der Waals surface area contributed by atoms with Crippen LogP contribution in [0.2, 0.25) is 0 Å². The summed E-state index contributed by atoms with van der Waals surface area (Å²) in [6.45, 7) is 4.20. The quantitative estimate of drug-likeness (QED) is 0.435. The van der Waals surface area contributed by atoms with Gasteiger partial charge in [-0.2, -0.15) is 5.26 Å². The molecule has 0 spiro atoms. The van der Waals surface area contributed by atoms with Crippen LogP contribution >= 0.6 is 0 Å². The molecule has 0 aliphatic rings. The van der Waals surface area contributed by atoms with Crippen molar-refractivity contribution >= 4 is 17.7 Å². The number of amides is 1. The number of hydrogen-bond acceptors (Lipinski definition) is 3. The van der Waals surface area contributed by atoms with Gasteiger partial charge in [0.1, 0.15) is 29.8 Å². The Morgan fingerprint density at radius 2 is 1.77 bits per heavy atom. The molecule has 0 radical (unpaired) electrons. The fraction of sp³-hybridized carbons (Fsp3) is 0.120. The maximum absolute atomic E-state index is 12.9. The standard InChI is InChI=1S/C25H21FN2O2/c1-17-3-12-24(18(2)13-17)28-25(29)21(15-27)14-19-6-10-23(11-7-19)30-16-20-4-8-22(26)9-5-20/h3-14H,16H2,1-2H3,(H,28,29)/b21-14+. The average molecular weight is 400 g/mol. The summed E-state index contributed by atoms with van der Waals surface area (Å²) in [5.74, 6) is -0.111. The van der Waals surface area contributed by atoms with Gasteiger partial charge in [-0.05, 0) is 66.9 Å². The van der Waals surface area contributed by atoms with E-state index in [0.717, 1.165) is 16.7 Å². The van der Waals surface area contributed by atoms with E-state index in [1.807, 2.05) is 38.1 Å². The van der Waals surface area contributed by atoms with Gasteiger partial charge in [0.2, 0.25) is 0 Å². The Morgan fingerprint density at radius 3 is 2.40 bits per heavy atom. The van der Waals surface area contributed by atoms with Crippen molar-refractivity contribution in [2.45, 2.75) is 20.5 Å². The molecule has 0 bridgehead atoms. The van der Waals surface area contributed by atoms with Crippen molar-refractivity contribution in [3.8, 4) is 11.8 Å². The number of rotatable bonds is 6. The molecule has 3 rings (SSSR count). The minimum absolute atomic E-state index is 0.00922. The summed E-state index contributed by atoms with van der Waals surface area (Å²) in [6, 6.07) is 20.8. The number of aryl methyl sites for hydroxylation is 2. The molecule has 0 heterocycles. The van der Waals surface area contributed by atoms with Crippen molar-refractivity contribution in [2.75, 3.05) is 5.32 Å². The first-order valence-corrected chi connectivity index (χ1v) is 9.42. The Labute approximate surface area is 175 Å². The number of nitrogens with zero attached hydrogens (tertiary/aromatic N) is 1. The normalized spacial score (nSPS) is 10.9. The molecule has 4 nitrogen and oxygen atoms in total. The molecule has 0 aromatic heterocycles. The highest BCUT2D eigenvalue weighted by atomic mass is 19.1. The second-order valence-corrected chi connectivity index (χ2v) is 6.93. The Balaban J connectivity index is 1.65. The number of nitrogens with one attached hydrogen (secondary N) is 1. The third-order valence-electron chi connectivity index (χ3n) is 4.51. The minimum atomic E-state index is -0.457. The zero-order valence-electron chi connectivity index (χ0n) is 16.8. The molecule has 0 aliphatic heterocycles. The maximum atomic E-state index is 12.9. The van der Waals surface area contributed by atoms with Crippen molar-refractivity contribution < 1.29 is 13.9 Å². The van der Waals surface area contributed by atoms with Crippen molar-refractivity contribution in [3.05, 3.63) is 100 Å². The Bertz CT molecular complexity index is 1110. The maximum Gasteiger partial charge on any atom is 0.266 e. The van der Waals surface area contributed by atoms with E-state index in [0.29, 0.717) is 23.6 Å². The van der Waals surface area contributed by atoms with Crippen LogP contribution in [0.4, 0.5) is 10.1 Å². The minimum Gasteiger partial charge on any atom is -0.489 e. The highest BCUT2D eigenvalue weighted by Gasteiger charge is 2.11. The van der Waals surface area contributed by atoms with Crippen LogP contribution in [0.3, 0.4) is 0 Å². The number of carbonyl (C=O) groups excluding carboxylic acids is 1. The van der Waals surface area contributed by atoms with Crippen LogP contribution in [0, 0.1) is 31.0 Å². The first-order valence-electron chi connectivity index (χ1n) is 9.42. The molecular weight excluding hydrogens is 379 g/mol. The number of benzene rings is 3. The Morgan fingerprint density at radius 1 is 1.07 bits per heavy atom. The van der Waals surface area contributed by atoms with Crippen LogP contribution in [0.15, 0.2) is 72.3 Å². The van der Waals surface area contributed by atoms with E-state index >= 15 is 0 Å². The summed E-state index contributed by atoms with van der Waals surface area (Å²) in [6.07, 6.45) is 1.53. The van der Waals surface area contributed by atoms with Gasteiger partial charge in [-0.1, -0.05) is 42.0 Å². The number of nitriles is 1. The third kappa shape index (κ3) is 5.55. The van der Waals surface area contributed by atoms with E-state index in [2.05, 4.69) is 5.32 Å². The molecule has 0 atom stereocenters. The van der Waals surface area contributed by atoms with E-state index in [-0.39, 0.29) is 11.4 Å². The molecule has 0 unspecified atom stereocenters. The Hall–Kier alpha value is -3.91. The highest BCUT2D eigenvalue weighted by Crippen LogP contribution is 2.19. The molecule has 150 valence electrons. The molecule has 1 N–H and O–H groups in total.